The normalized spacial score (nSPS) is 12.0. The highest BCUT2D eigenvalue weighted by molar-refractivity contribution is 6.88. The molecule has 1 atom stereocenters. The van der Waals surface area contributed by atoms with E-state index in [1.165, 1.54) is 6.07 Å². The maximum Gasteiger partial charge on any atom is 0.254 e. The van der Waals surface area contributed by atoms with Crippen LogP contribution in [0.3, 0.4) is 0 Å². The number of nitrogens with one attached hydrogen (secondary N) is 2. The second kappa shape index (κ2) is 13.4. The number of amides is 2. The number of anilines is 1. The van der Waals surface area contributed by atoms with E-state index in [0.717, 1.165) is 11.1 Å². The van der Waals surface area contributed by atoms with Crippen LogP contribution in [0.25, 0.3) is 0 Å². The lowest BCUT2D eigenvalue weighted by molar-refractivity contribution is -0.126. The van der Waals surface area contributed by atoms with E-state index < -0.39 is 25.9 Å². The molecule has 2 amide bonds. The fraction of sp³-hybridized carbons (Fsp3) is 0.258. The van der Waals surface area contributed by atoms with Crippen molar-refractivity contribution < 1.29 is 28.0 Å². The van der Waals surface area contributed by atoms with Crippen molar-refractivity contribution in [2.75, 3.05) is 12.4 Å². The van der Waals surface area contributed by atoms with Crippen LogP contribution < -0.4 is 20.6 Å². The number of methoxy groups -OCH3 is 1. The van der Waals surface area contributed by atoms with Gasteiger partial charge in [-0.25, -0.2) is 4.39 Å². The van der Waals surface area contributed by atoms with Crippen LogP contribution in [-0.2, 0) is 34.0 Å². The molecular weight excluding hydrogens is 541 g/mol. The predicted molar refractivity (Wildman–Crippen MR) is 157 cm³/mol. The van der Waals surface area contributed by atoms with E-state index in [4.69, 9.17) is 14.0 Å². The Morgan fingerprint density at radius 1 is 0.951 bits per heavy atom. The molecule has 0 aliphatic carbocycles. The Kier molecular flexibility index (Phi) is 9.69. The van der Waals surface area contributed by atoms with Gasteiger partial charge in [-0.3, -0.25) is 9.59 Å². The molecule has 0 unspecified atom stereocenters. The molecule has 1 heterocycles. The maximum absolute atomic E-state index is 14.8. The van der Waals surface area contributed by atoms with Crippen molar-refractivity contribution in [3.05, 3.63) is 107 Å². The summed E-state index contributed by atoms with van der Waals surface area (Å²) in [7, 11) is -0.290. The summed E-state index contributed by atoms with van der Waals surface area (Å²) in [6.45, 7) is 6.87. The van der Waals surface area contributed by atoms with Crippen LogP contribution in [0.1, 0.15) is 28.5 Å². The van der Waals surface area contributed by atoms with Gasteiger partial charge in [0.25, 0.3) is 11.8 Å². The third kappa shape index (κ3) is 8.35. The number of hydrogen-bond acceptors (Lipinski definition) is 6. The number of carbonyl (C=O) groups excluding carboxylic acids is 2. The standard InChI is InChI=1S/C31H34FN3O5Si/c1-38-19-22-10-12-23(13-11-22)30(31(37)33-24-14-15-27(26(32)16-24)41(2,3)4)34-28(36)17-25-18-29(35-40-25)39-20-21-8-6-5-7-9-21/h5-16,18,30H,17,19-20H2,1-4H3,(H,33,37)(H,34,36)/t30-/m1/s1. The molecule has 3 aromatic carbocycles. The lowest BCUT2D eigenvalue weighted by Gasteiger charge is -2.21. The summed E-state index contributed by atoms with van der Waals surface area (Å²) in [6, 6.07) is 21.9. The van der Waals surface area contributed by atoms with Crippen molar-refractivity contribution in [2.24, 2.45) is 0 Å². The van der Waals surface area contributed by atoms with Crippen LogP contribution in [0, 0.1) is 5.82 Å². The number of aromatic nitrogens is 1. The SMILES string of the molecule is COCc1ccc([C@@H](NC(=O)Cc2cc(OCc3ccccc3)no2)C(=O)Nc2ccc([Si](C)(C)C)c(F)c2)cc1. The molecule has 214 valence electrons. The smallest absolute Gasteiger partial charge is 0.254 e. The number of carbonyl (C=O) groups is 2. The van der Waals surface area contributed by atoms with E-state index in [9.17, 15) is 14.0 Å². The fourth-order valence-electron chi connectivity index (χ4n) is 4.24. The summed E-state index contributed by atoms with van der Waals surface area (Å²) in [6.07, 6.45) is -0.160. The first kappa shape index (κ1) is 29.7. The highest BCUT2D eigenvalue weighted by Gasteiger charge is 2.25. The molecule has 0 aliphatic rings. The van der Waals surface area contributed by atoms with Crippen LogP contribution in [0.4, 0.5) is 10.1 Å². The molecule has 0 radical (unpaired) electrons. The highest BCUT2D eigenvalue weighted by Crippen LogP contribution is 2.20. The van der Waals surface area contributed by atoms with Gasteiger partial charge in [0.2, 0.25) is 5.91 Å². The number of rotatable bonds is 12. The van der Waals surface area contributed by atoms with Crippen LogP contribution in [-0.4, -0.2) is 32.2 Å². The summed E-state index contributed by atoms with van der Waals surface area (Å²) in [5.41, 5.74) is 2.74. The first-order chi connectivity index (χ1) is 19.6. The number of hydrogen-bond donors (Lipinski definition) is 2. The lowest BCUT2D eigenvalue weighted by Crippen LogP contribution is -2.40. The Labute approximate surface area is 239 Å². The molecule has 8 nitrogen and oxygen atoms in total. The predicted octanol–water partition coefficient (Wildman–Crippen LogP) is 5.12. The van der Waals surface area contributed by atoms with Crippen LogP contribution >= 0.6 is 0 Å². The Balaban J connectivity index is 1.46. The first-order valence-electron chi connectivity index (χ1n) is 13.2. The van der Waals surface area contributed by atoms with Gasteiger partial charge in [0.15, 0.2) is 0 Å². The Morgan fingerprint density at radius 2 is 1.66 bits per heavy atom. The Morgan fingerprint density at radius 3 is 2.32 bits per heavy atom. The molecule has 2 N–H and O–H groups in total. The van der Waals surface area contributed by atoms with Gasteiger partial charge < -0.3 is 24.6 Å². The molecule has 0 aliphatic heterocycles. The van der Waals surface area contributed by atoms with Gasteiger partial charge in [0, 0.05) is 18.9 Å². The Hall–Kier alpha value is -4.28. The molecule has 10 heteroatoms. The van der Waals surface area contributed by atoms with Crippen LogP contribution in [0.5, 0.6) is 5.88 Å². The van der Waals surface area contributed by atoms with Crippen molar-refractivity contribution in [3.8, 4) is 5.88 Å². The quantitative estimate of drug-likeness (QED) is 0.227. The second-order valence-electron chi connectivity index (χ2n) is 10.7. The number of ether oxygens (including phenoxy) is 2. The van der Waals surface area contributed by atoms with Crippen molar-refractivity contribution in [1.82, 2.24) is 10.5 Å². The lowest BCUT2D eigenvalue weighted by atomic mass is 10.0. The molecule has 0 saturated heterocycles. The minimum absolute atomic E-state index is 0.160. The molecule has 4 rings (SSSR count). The number of nitrogens with zero attached hydrogens (tertiary/aromatic N) is 1. The summed E-state index contributed by atoms with van der Waals surface area (Å²) >= 11 is 0. The summed E-state index contributed by atoms with van der Waals surface area (Å²) < 4.78 is 30.9. The van der Waals surface area contributed by atoms with E-state index in [1.54, 1.807) is 37.4 Å². The number of benzene rings is 3. The molecule has 41 heavy (non-hydrogen) atoms. The second-order valence-corrected chi connectivity index (χ2v) is 15.7. The maximum atomic E-state index is 14.8. The highest BCUT2D eigenvalue weighted by atomic mass is 28.3. The molecule has 0 saturated carbocycles. The van der Waals surface area contributed by atoms with Crippen molar-refractivity contribution in [3.63, 3.8) is 0 Å². The number of halogens is 1. The molecular formula is C31H34FN3O5Si. The minimum atomic E-state index is -1.89. The molecule has 0 fully saturated rings. The molecule has 4 aromatic rings. The van der Waals surface area contributed by atoms with Gasteiger partial charge in [-0.1, -0.05) is 80.3 Å². The zero-order valence-electron chi connectivity index (χ0n) is 23.6. The van der Waals surface area contributed by atoms with Gasteiger partial charge in [-0.05, 0) is 39.2 Å². The van der Waals surface area contributed by atoms with E-state index in [1.807, 2.05) is 42.5 Å². The molecule has 0 bridgehead atoms. The van der Waals surface area contributed by atoms with E-state index in [2.05, 4.69) is 35.4 Å². The molecule has 0 spiro atoms. The van der Waals surface area contributed by atoms with Gasteiger partial charge in [-0.15, -0.1) is 0 Å². The summed E-state index contributed by atoms with van der Waals surface area (Å²) in [5.74, 6) is -0.797. The molecule has 1 aromatic heterocycles. The topological polar surface area (TPSA) is 103 Å². The third-order valence-corrected chi connectivity index (χ3v) is 8.36. The van der Waals surface area contributed by atoms with E-state index in [0.29, 0.717) is 29.7 Å². The van der Waals surface area contributed by atoms with Crippen molar-refractivity contribution in [2.45, 2.75) is 45.3 Å². The largest absolute Gasteiger partial charge is 0.471 e. The third-order valence-electron chi connectivity index (χ3n) is 6.34. The zero-order chi connectivity index (χ0) is 29.4. The van der Waals surface area contributed by atoms with Crippen molar-refractivity contribution in [1.29, 1.82) is 0 Å². The zero-order valence-corrected chi connectivity index (χ0v) is 24.6. The average Bonchev–Trinajstić information content (AvgIpc) is 3.38. The van der Waals surface area contributed by atoms with Crippen LogP contribution in [0.15, 0.2) is 83.4 Å². The monoisotopic (exact) mass is 575 g/mol. The first-order valence-corrected chi connectivity index (χ1v) is 16.7. The Bertz CT molecular complexity index is 1470. The van der Waals surface area contributed by atoms with Gasteiger partial charge >= 0.3 is 0 Å². The van der Waals surface area contributed by atoms with Crippen molar-refractivity contribution >= 4 is 30.8 Å². The van der Waals surface area contributed by atoms with Gasteiger partial charge in [0.05, 0.1) is 21.1 Å². The summed E-state index contributed by atoms with van der Waals surface area (Å²) in [4.78, 5) is 26.4. The van der Waals surface area contributed by atoms with Gasteiger partial charge in [-0.2, -0.15) is 0 Å². The van der Waals surface area contributed by atoms with E-state index >= 15 is 0 Å². The van der Waals surface area contributed by atoms with Crippen LogP contribution in [0.2, 0.25) is 19.6 Å². The fourth-order valence-corrected chi connectivity index (χ4v) is 5.61. The summed E-state index contributed by atoms with van der Waals surface area (Å²) in [5, 5.41) is 10.1. The van der Waals surface area contributed by atoms with Gasteiger partial charge in [0.1, 0.15) is 24.2 Å². The van der Waals surface area contributed by atoms with E-state index in [-0.39, 0.29) is 23.9 Å². The average molecular weight is 576 g/mol. The minimum Gasteiger partial charge on any atom is -0.471 e.